The van der Waals surface area contributed by atoms with Gasteiger partial charge in [-0.25, -0.2) is 14.8 Å². The van der Waals surface area contributed by atoms with E-state index in [4.69, 9.17) is 14.7 Å². The van der Waals surface area contributed by atoms with Gasteiger partial charge in [-0.2, -0.15) is 0 Å². The maximum absolute atomic E-state index is 12.2. The first-order chi connectivity index (χ1) is 15.2. The molecule has 1 aliphatic rings. The highest BCUT2D eigenvalue weighted by Crippen LogP contribution is 2.33. The van der Waals surface area contributed by atoms with Crippen LogP contribution < -0.4 is 10.2 Å². The van der Waals surface area contributed by atoms with Gasteiger partial charge in [0.1, 0.15) is 11.6 Å². The molecule has 3 aromatic rings. The summed E-state index contributed by atoms with van der Waals surface area (Å²) in [4.78, 5) is 23.9. The summed E-state index contributed by atoms with van der Waals surface area (Å²) in [6, 6.07) is 13.2. The number of aromatic nitrogens is 2. The molecule has 0 spiro atoms. The van der Waals surface area contributed by atoms with Crippen molar-refractivity contribution in [1.82, 2.24) is 15.3 Å². The van der Waals surface area contributed by atoms with E-state index < -0.39 is 0 Å². The third-order valence-corrected chi connectivity index (χ3v) is 5.42. The minimum atomic E-state index is -0.384. The Labute approximate surface area is 191 Å². The van der Waals surface area contributed by atoms with Gasteiger partial charge in [-0.1, -0.05) is 39.0 Å². The van der Waals surface area contributed by atoms with Crippen molar-refractivity contribution in [2.45, 2.75) is 40.2 Å². The van der Waals surface area contributed by atoms with E-state index in [0.29, 0.717) is 24.5 Å². The van der Waals surface area contributed by atoms with Gasteiger partial charge in [0.05, 0.1) is 23.7 Å². The zero-order chi connectivity index (χ0) is 22.9. The van der Waals surface area contributed by atoms with E-state index >= 15 is 0 Å². The largest absolute Gasteiger partial charge is 0.507 e. The van der Waals surface area contributed by atoms with Gasteiger partial charge in [-0.15, -0.1) is 0 Å². The Morgan fingerprint density at radius 2 is 2.03 bits per heavy atom. The number of phenolic OH excluding ortho intramolecular Hbond substituents is 1. The number of benzene rings is 2. The molecule has 7 heteroatoms. The summed E-state index contributed by atoms with van der Waals surface area (Å²) >= 11 is 0. The lowest BCUT2D eigenvalue weighted by atomic mass is 9.99. The fourth-order valence-electron chi connectivity index (χ4n) is 3.81. The number of rotatable bonds is 4. The number of hydrogen-bond acceptors (Lipinski definition) is 6. The molecule has 0 aliphatic carbocycles. The minimum Gasteiger partial charge on any atom is -0.507 e. The number of aryl methyl sites for hydroxylation is 1. The molecule has 1 fully saturated rings. The molecule has 1 amide bonds. The number of nitrogens with one attached hydrogen (secondary N) is 1. The van der Waals surface area contributed by atoms with Gasteiger partial charge in [-0.3, -0.25) is 0 Å². The number of fused-ring (bicyclic) bond motifs is 1. The van der Waals surface area contributed by atoms with Gasteiger partial charge < -0.3 is 20.1 Å². The molecule has 0 saturated carbocycles. The molecule has 2 aromatic carbocycles. The Kier molecular flexibility index (Phi) is 5.91. The zero-order valence-electron chi connectivity index (χ0n) is 19.1. The first kappa shape index (κ1) is 21.9. The van der Waals surface area contributed by atoms with Crippen LogP contribution in [-0.4, -0.2) is 46.9 Å². The number of para-hydroxylation sites is 1. The van der Waals surface area contributed by atoms with Crippen LogP contribution in [0.2, 0.25) is 0 Å². The van der Waals surface area contributed by atoms with E-state index in [9.17, 15) is 9.90 Å². The van der Waals surface area contributed by atoms with Gasteiger partial charge in [0.25, 0.3) is 0 Å². The molecule has 0 unspecified atom stereocenters. The summed E-state index contributed by atoms with van der Waals surface area (Å²) in [5.41, 5.74) is 2.45. The summed E-state index contributed by atoms with van der Waals surface area (Å²) in [6.07, 6.45) is 0.415. The molecule has 4 rings (SSSR count). The molecule has 32 heavy (non-hydrogen) atoms. The smallest absolute Gasteiger partial charge is 0.407 e. The van der Waals surface area contributed by atoms with Crippen molar-refractivity contribution in [3.05, 3.63) is 48.0 Å². The van der Waals surface area contributed by atoms with Crippen LogP contribution in [0.3, 0.4) is 0 Å². The van der Waals surface area contributed by atoms with Gasteiger partial charge in [0.15, 0.2) is 5.82 Å². The van der Waals surface area contributed by atoms with E-state index in [1.165, 1.54) is 0 Å². The van der Waals surface area contributed by atoms with Crippen molar-refractivity contribution in [1.29, 1.82) is 0 Å². The molecule has 1 aliphatic heterocycles. The number of aromatic hydroxyl groups is 1. The number of carbonyl (C=O) groups is 1. The Hall–Kier alpha value is -3.35. The number of ether oxygens (including phenoxy) is 1. The second kappa shape index (κ2) is 8.65. The molecule has 1 atom stereocenters. The fourth-order valence-corrected chi connectivity index (χ4v) is 3.81. The SMILES string of the molecule is Cc1ccc2c(N3CC[C@@H](NC(=O)OCC(C)(C)C)C3)nc(-c3ccccc3O)nc2c1.[HH].[HH]. The van der Waals surface area contributed by atoms with Gasteiger partial charge in [0, 0.05) is 21.3 Å². The van der Waals surface area contributed by atoms with Crippen LogP contribution in [0.5, 0.6) is 5.75 Å². The summed E-state index contributed by atoms with van der Waals surface area (Å²) in [5.74, 6) is 1.44. The van der Waals surface area contributed by atoms with E-state index in [-0.39, 0.29) is 26.2 Å². The highest BCUT2D eigenvalue weighted by atomic mass is 16.5. The van der Waals surface area contributed by atoms with Crippen molar-refractivity contribution in [3.63, 3.8) is 0 Å². The summed E-state index contributed by atoms with van der Waals surface area (Å²) in [5, 5.41) is 14.3. The van der Waals surface area contributed by atoms with Gasteiger partial charge in [-0.05, 0) is 48.6 Å². The number of phenols is 1. The predicted octanol–water partition coefficient (Wildman–Crippen LogP) is 5.15. The molecule has 7 nitrogen and oxygen atoms in total. The zero-order valence-corrected chi connectivity index (χ0v) is 19.1. The van der Waals surface area contributed by atoms with Gasteiger partial charge in [0.2, 0.25) is 0 Å². The van der Waals surface area contributed by atoms with E-state index in [1.54, 1.807) is 12.1 Å². The lowest BCUT2D eigenvalue weighted by molar-refractivity contribution is 0.104. The molecular weight excluding hydrogens is 404 g/mol. The van der Waals surface area contributed by atoms with Crippen LogP contribution in [0.15, 0.2) is 42.5 Å². The molecule has 0 radical (unpaired) electrons. The number of nitrogens with zero attached hydrogens (tertiary/aromatic N) is 3. The Morgan fingerprint density at radius 3 is 2.78 bits per heavy atom. The monoisotopic (exact) mass is 438 g/mol. The molecule has 2 heterocycles. The average molecular weight is 439 g/mol. The first-order valence-electron chi connectivity index (χ1n) is 10.9. The van der Waals surface area contributed by atoms with Crippen LogP contribution >= 0.6 is 0 Å². The number of alkyl carbamates (subject to hydrolysis) is 1. The van der Waals surface area contributed by atoms with Crippen LogP contribution in [0.4, 0.5) is 10.6 Å². The second-order valence-electron chi connectivity index (χ2n) is 9.62. The van der Waals surface area contributed by atoms with Gasteiger partial charge >= 0.3 is 6.09 Å². The normalized spacial score (nSPS) is 16.4. The van der Waals surface area contributed by atoms with Crippen LogP contribution in [-0.2, 0) is 4.74 Å². The van der Waals surface area contributed by atoms with Crippen LogP contribution in [0, 0.1) is 12.3 Å². The topological polar surface area (TPSA) is 87.6 Å². The number of anilines is 1. The third-order valence-electron chi connectivity index (χ3n) is 5.42. The number of hydrogen-bond donors (Lipinski definition) is 2. The molecular formula is C25H34N4O3. The molecule has 1 aromatic heterocycles. The van der Waals surface area contributed by atoms with Crippen molar-refractivity contribution >= 4 is 22.8 Å². The minimum absolute atomic E-state index is 0. The maximum atomic E-state index is 12.2. The molecule has 172 valence electrons. The molecule has 0 bridgehead atoms. The highest BCUT2D eigenvalue weighted by molar-refractivity contribution is 5.92. The molecule has 1 saturated heterocycles. The quantitative estimate of drug-likeness (QED) is 0.585. The van der Waals surface area contributed by atoms with Crippen molar-refractivity contribution in [3.8, 4) is 17.1 Å². The molecule has 2 N–H and O–H groups in total. The Morgan fingerprint density at radius 1 is 1.25 bits per heavy atom. The fraction of sp³-hybridized carbons (Fsp3) is 0.400. The maximum Gasteiger partial charge on any atom is 0.407 e. The van der Waals surface area contributed by atoms with E-state index in [2.05, 4.69) is 10.2 Å². The van der Waals surface area contributed by atoms with E-state index in [1.807, 2.05) is 58.0 Å². The summed E-state index contributed by atoms with van der Waals surface area (Å²) < 4.78 is 5.36. The second-order valence-corrected chi connectivity index (χ2v) is 9.62. The number of amides is 1. The third kappa shape index (κ3) is 4.93. The summed E-state index contributed by atoms with van der Waals surface area (Å²) in [6.45, 7) is 9.87. The first-order valence-corrected chi connectivity index (χ1v) is 10.9. The van der Waals surface area contributed by atoms with Crippen molar-refractivity contribution in [2.24, 2.45) is 5.41 Å². The Bertz CT molecular complexity index is 1150. The van der Waals surface area contributed by atoms with E-state index in [0.717, 1.165) is 35.2 Å². The lowest BCUT2D eigenvalue weighted by Crippen LogP contribution is -2.38. The van der Waals surface area contributed by atoms with Crippen LogP contribution in [0.25, 0.3) is 22.3 Å². The Balaban J connectivity index is 0.00000204. The van der Waals surface area contributed by atoms with Crippen molar-refractivity contribution in [2.75, 3.05) is 24.6 Å². The highest BCUT2D eigenvalue weighted by Gasteiger charge is 2.28. The van der Waals surface area contributed by atoms with Crippen LogP contribution in [0.1, 0.15) is 35.6 Å². The average Bonchev–Trinajstić information content (AvgIpc) is 3.19. The summed E-state index contributed by atoms with van der Waals surface area (Å²) in [7, 11) is 0. The standard InChI is InChI=1S/C25H30N4O3.2H2/c1-16-9-10-18-20(13-16)27-22(19-7-5-6-8-21(19)30)28-23(18)29-12-11-17(14-29)26-24(31)32-15-25(2,3)4;;/h5-10,13,17,30H,11-12,14-15H2,1-4H3,(H,26,31);2*1H/t17-;;/m1../s1. The number of carbonyl (C=O) groups excluding carboxylic acids is 1. The lowest BCUT2D eigenvalue weighted by Gasteiger charge is -2.21. The van der Waals surface area contributed by atoms with Crippen molar-refractivity contribution < 1.29 is 17.5 Å². The predicted molar refractivity (Wildman–Crippen MR) is 130 cm³/mol.